The van der Waals surface area contributed by atoms with Crippen LogP contribution in [0.2, 0.25) is 0 Å². The molecule has 0 aliphatic rings. The van der Waals surface area contributed by atoms with E-state index in [1.165, 1.54) is 25.4 Å². The molecule has 0 unspecified atom stereocenters. The number of nitrogens with one attached hydrogen (secondary N) is 1. The topological polar surface area (TPSA) is 90.7 Å². The van der Waals surface area contributed by atoms with Crippen LogP contribution < -0.4 is 14.8 Å². The number of benzene rings is 1. The maximum Gasteiger partial charge on any atom is 0.226 e. The van der Waals surface area contributed by atoms with Crippen molar-refractivity contribution in [1.29, 1.82) is 0 Å². The molecule has 1 N–H and O–H groups in total. The molecule has 0 atom stereocenters. The SMILES string of the molecule is COc1cc(C(C)=O)ccc1OCCCC(=O)Nc1nc(-c2cc(C)oc2C)cs1. The molecule has 0 spiro atoms. The number of anilines is 1. The summed E-state index contributed by atoms with van der Waals surface area (Å²) in [5.41, 5.74) is 2.28. The molecule has 1 aromatic carbocycles. The molecule has 0 radical (unpaired) electrons. The Bertz CT molecular complexity index is 1050. The van der Waals surface area contributed by atoms with Gasteiger partial charge in [-0.3, -0.25) is 9.59 Å². The molecule has 3 rings (SSSR count). The summed E-state index contributed by atoms with van der Waals surface area (Å²) in [6, 6.07) is 6.97. The Morgan fingerprint density at radius 1 is 1.20 bits per heavy atom. The average Bonchev–Trinajstić information content (AvgIpc) is 3.30. The van der Waals surface area contributed by atoms with E-state index >= 15 is 0 Å². The number of carbonyl (C=O) groups is 2. The summed E-state index contributed by atoms with van der Waals surface area (Å²) in [5, 5.41) is 5.27. The Morgan fingerprint density at radius 2 is 2.00 bits per heavy atom. The average molecular weight is 429 g/mol. The lowest BCUT2D eigenvalue weighted by Crippen LogP contribution is -2.12. The third-order valence-electron chi connectivity index (χ3n) is 4.44. The molecule has 158 valence electrons. The maximum atomic E-state index is 12.2. The van der Waals surface area contributed by atoms with E-state index in [4.69, 9.17) is 13.9 Å². The fourth-order valence-corrected chi connectivity index (χ4v) is 3.67. The second kappa shape index (κ2) is 9.58. The van der Waals surface area contributed by atoms with Gasteiger partial charge in [0, 0.05) is 22.9 Å². The smallest absolute Gasteiger partial charge is 0.226 e. The first-order valence-electron chi connectivity index (χ1n) is 9.52. The molecule has 1 amide bonds. The van der Waals surface area contributed by atoms with Gasteiger partial charge in [-0.25, -0.2) is 4.98 Å². The first-order chi connectivity index (χ1) is 14.4. The third kappa shape index (κ3) is 5.27. The molecular formula is C22H24N2O5S. The molecule has 2 heterocycles. The second-order valence-corrected chi connectivity index (χ2v) is 7.64. The molecule has 3 aromatic rings. The van der Waals surface area contributed by atoms with E-state index < -0.39 is 0 Å². The Labute approximate surface area is 179 Å². The lowest BCUT2D eigenvalue weighted by Gasteiger charge is -2.11. The van der Waals surface area contributed by atoms with E-state index in [0.717, 1.165) is 22.8 Å². The number of aromatic nitrogens is 1. The van der Waals surface area contributed by atoms with E-state index in [0.29, 0.717) is 41.6 Å². The van der Waals surface area contributed by atoms with Gasteiger partial charge >= 0.3 is 0 Å². The van der Waals surface area contributed by atoms with Crippen molar-refractivity contribution in [3.05, 3.63) is 46.7 Å². The highest BCUT2D eigenvalue weighted by molar-refractivity contribution is 7.14. The fourth-order valence-electron chi connectivity index (χ4n) is 2.94. The van der Waals surface area contributed by atoms with E-state index in [1.807, 2.05) is 25.3 Å². The van der Waals surface area contributed by atoms with Crippen molar-refractivity contribution in [2.75, 3.05) is 19.0 Å². The predicted octanol–water partition coefficient (Wildman–Crippen LogP) is 5.03. The van der Waals surface area contributed by atoms with Crippen molar-refractivity contribution < 1.29 is 23.5 Å². The Hall–Kier alpha value is -3.13. The molecule has 7 nitrogen and oxygen atoms in total. The number of thiazole rings is 1. The largest absolute Gasteiger partial charge is 0.493 e. The van der Waals surface area contributed by atoms with Crippen molar-refractivity contribution in [2.45, 2.75) is 33.6 Å². The van der Waals surface area contributed by atoms with Crippen LogP contribution in [0.15, 0.2) is 34.1 Å². The number of ether oxygens (including phenoxy) is 2. The van der Waals surface area contributed by atoms with Crippen LogP contribution in [0.4, 0.5) is 5.13 Å². The van der Waals surface area contributed by atoms with Crippen LogP contribution in [0, 0.1) is 13.8 Å². The summed E-state index contributed by atoms with van der Waals surface area (Å²) in [7, 11) is 1.52. The van der Waals surface area contributed by atoms with Crippen LogP contribution in [0.3, 0.4) is 0 Å². The predicted molar refractivity (Wildman–Crippen MR) is 116 cm³/mol. The van der Waals surface area contributed by atoms with Gasteiger partial charge in [0.1, 0.15) is 11.5 Å². The zero-order valence-electron chi connectivity index (χ0n) is 17.4. The highest BCUT2D eigenvalue weighted by Gasteiger charge is 2.13. The lowest BCUT2D eigenvalue weighted by molar-refractivity contribution is -0.116. The molecule has 0 aliphatic heterocycles. The van der Waals surface area contributed by atoms with E-state index in [9.17, 15) is 9.59 Å². The number of carbonyl (C=O) groups excluding carboxylic acids is 2. The Morgan fingerprint density at radius 3 is 2.67 bits per heavy atom. The monoisotopic (exact) mass is 428 g/mol. The normalized spacial score (nSPS) is 10.7. The van der Waals surface area contributed by atoms with Gasteiger partial charge in [0.05, 0.1) is 19.4 Å². The summed E-state index contributed by atoms with van der Waals surface area (Å²) in [6.07, 6.45) is 0.828. The third-order valence-corrected chi connectivity index (χ3v) is 5.20. The first-order valence-corrected chi connectivity index (χ1v) is 10.4. The minimum absolute atomic E-state index is 0.0417. The van der Waals surface area contributed by atoms with Crippen molar-refractivity contribution >= 4 is 28.2 Å². The molecule has 2 aromatic heterocycles. The zero-order valence-corrected chi connectivity index (χ0v) is 18.2. The molecular weight excluding hydrogens is 404 g/mol. The number of nitrogens with zero attached hydrogens (tertiary/aromatic N) is 1. The van der Waals surface area contributed by atoms with Crippen LogP contribution in [-0.4, -0.2) is 30.4 Å². The number of ketones is 1. The number of furan rings is 1. The zero-order chi connectivity index (χ0) is 21.7. The minimum atomic E-state index is -0.126. The quantitative estimate of drug-likeness (QED) is 0.380. The number of hydrogen-bond acceptors (Lipinski definition) is 7. The summed E-state index contributed by atoms with van der Waals surface area (Å²) in [5.74, 6) is 2.50. The highest BCUT2D eigenvalue weighted by atomic mass is 32.1. The Balaban J connectivity index is 1.48. The number of Topliss-reactive ketones (excluding diaryl/α,β-unsaturated/α-hetero) is 1. The molecule has 0 bridgehead atoms. The van der Waals surface area contributed by atoms with Crippen molar-refractivity contribution in [3.63, 3.8) is 0 Å². The first kappa shape index (κ1) is 21.6. The van der Waals surface area contributed by atoms with Crippen LogP contribution in [0.1, 0.15) is 41.6 Å². The van der Waals surface area contributed by atoms with Gasteiger partial charge in [-0.15, -0.1) is 11.3 Å². The van der Waals surface area contributed by atoms with Gasteiger partial charge in [0.25, 0.3) is 0 Å². The number of rotatable bonds is 9. The van der Waals surface area contributed by atoms with Crippen LogP contribution in [0.5, 0.6) is 11.5 Å². The molecule has 0 aliphatic carbocycles. The second-order valence-electron chi connectivity index (χ2n) is 6.79. The van der Waals surface area contributed by atoms with Crippen LogP contribution in [-0.2, 0) is 4.79 Å². The molecule has 8 heteroatoms. The van der Waals surface area contributed by atoms with E-state index in [-0.39, 0.29) is 11.7 Å². The van der Waals surface area contributed by atoms with E-state index in [2.05, 4.69) is 10.3 Å². The van der Waals surface area contributed by atoms with Crippen LogP contribution in [0.25, 0.3) is 11.3 Å². The molecule has 0 saturated carbocycles. The molecule has 30 heavy (non-hydrogen) atoms. The highest BCUT2D eigenvalue weighted by Crippen LogP contribution is 2.30. The van der Waals surface area contributed by atoms with Crippen molar-refractivity contribution in [2.24, 2.45) is 0 Å². The van der Waals surface area contributed by atoms with Gasteiger partial charge in [0.15, 0.2) is 22.4 Å². The lowest BCUT2D eigenvalue weighted by atomic mass is 10.1. The maximum absolute atomic E-state index is 12.2. The summed E-state index contributed by atoms with van der Waals surface area (Å²) >= 11 is 1.38. The van der Waals surface area contributed by atoms with Gasteiger partial charge in [0.2, 0.25) is 5.91 Å². The van der Waals surface area contributed by atoms with Gasteiger partial charge in [-0.2, -0.15) is 0 Å². The van der Waals surface area contributed by atoms with Crippen molar-refractivity contribution in [1.82, 2.24) is 4.98 Å². The van der Waals surface area contributed by atoms with Crippen LogP contribution >= 0.6 is 11.3 Å². The number of hydrogen-bond donors (Lipinski definition) is 1. The summed E-state index contributed by atoms with van der Waals surface area (Å²) < 4.78 is 16.5. The van der Waals surface area contributed by atoms with Gasteiger partial charge < -0.3 is 19.2 Å². The standard InChI is InChI=1S/C22H24N2O5S/c1-13-10-17(15(3)29-13)18-12-30-22(23-18)24-21(26)6-5-9-28-19-8-7-16(14(2)25)11-20(19)27-4/h7-8,10-12H,5-6,9H2,1-4H3,(H,23,24,26). The van der Waals surface area contributed by atoms with Crippen molar-refractivity contribution in [3.8, 4) is 22.8 Å². The van der Waals surface area contributed by atoms with E-state index in [1.54, 1.807) is 18.2 Å². The number of methoxy groups -OCH3 is 1. The minimum Gasteiger partial charge on any atom is -0.493 e. The van der Waals surface area contributed by atoms with Gasteiger partial charge in [-0.05, 0) is 51.5 Å². The summed E-state index contributed by atoms with van der Waals surface area (Å²) in [6.45, 7) is 5.62. The number of amides is 1. The summed E-state index contributed by atoms with van der Waals surface area (Å²) in [4.78, 5) is 28.1. The fraction of sp³-hybridized carbons (Fsp3) is 0.318. The van der Waals surface area contributed by atoms with Gasteiger partial charge in [-0.1, -0.05) is 0 Å². The molecule has 0 saturated heterocycles. The number of aryl methyl sites for hydroxylation is 2. The Kier molecular flexibility index (Phi) is 6.89. The molecule has 0 fully saturated rings.